The van der Waals surface area contributed by atoms with E-state index in [-0.39, 0.29) is 5.56 Å². The Labute approximate surface area is 114 Å². The lowest BCUT2D eigenvalue weighted by Gasteiger charge is -2.14. The summed E-state index contributed by atoms with van der Waals surface area (Å²) in [6.45, 7) is 5.39. The number of aromatic nitrogens is 2. The Balaban J connectivity index is 2.78. The molecule has 0 saturated heterocycles. The van der Waals surface area contributed by atoms with E-state index in [1.54, 1.807) is 0 Å². The van der Waals surface area contributed by atoms with Crippen LogP contribution in [0.1, 0.15) is 37.5 Å². The molecule has 6 heteroatoms. The maximum atomic E-state index is 12.4. The first kappa shape index (κ1) is 13.7. The molecule has 0 spiro atoms. The second-order valence-corrected chi connectivity index (χ2v) is 5.47. The van der Waals surface area contributed by atoms with Gasteiger partial charge >= 0.3 is 5.97 Å². The maximum Gasteiger partial charge on any atom is 0.326 e. The summed E-state index contributed by atoms with van der Waals surface area (Å²) < 4.78 is 1.29. The molecular weight excluding hydrogens is 264 g/mol. The highest BCUT2D eigenvalue weighted by molar-refractivity contribution is 7.18. The fourth-order valence-electron chi connectivity index (χ4n) is 2.02. The minimum atomic E-state index is -1.02. The zero-order valence-electron chi connectivity index (χ0n) is 11.1. The van der Waals surface area contributed by atoms with Gasteiger partial charge in [-0.3, -0.25) is 9.36 Å². The van der Waals surface area contributed by atoms with Crippen molar-refractivity contribution in [2.45, 2.75) is 39.7 Å². The van der Waals surface area contributed by atoms with Gasteiger partial charge in [-0.25, -0.2) is 9.78 Å². The molecule has 0 fully saturated rings. The quantitative estimate of drug-likeness (QED) is 0.932. The van der Waals surface area contributed by atoms with E-state index < -0.39 is 12.0 Å². The summed E-state index contributed by atoms with van der Waals surface area (Å²) in [7, 11) is 0. The molecule has 0 radical (unpaired) electrons. The normalized spacial score (nSPS) is 12.8. The molecule has 0 aliphatic carbocycles. The van der Waals surface area contributed by atoms with Crippen molar-refractivity contribution in [1.82, 2.24) is 9.55 Å². The third-order valence-electron chi connectivity index (χ3n) is 3.13. The zero-order chi connectivity index (χ0) is 14.2. The van der Waals surface area contributed by atoms with Crippen LogP contribution in [0.5, 0.6) is 0 Å². The number of rotatable bonds is 4. The highest BCUT2D eigenvalue weighted by Crippen LogP contribution is 2.23. The van der Waals surface area contributed by atoms with E-state index in [1.165, 1.54) is 22.8 Å². The molecule has 2 heterocycles. The smallest absolute Gasteiger partial charge is 0.326 e. The summed E-state index contributed by atoms with van der Waals surface area (Å²) in [5, 5.41) is 9.64. The van der Waals surface area contributed by atoms with Crippen LogP contribution in [-0.4, -0.2) is 20.6 Å². The Morgan fingerprint density at radius 3 is 2.68 bits per heavy atom. The summed E-state index contributed by atoms with van der Waals surface area (Å²) in [4.78, 5) is 29.8. The number of thiophene rings is 1. The van der Waals surface area contributed by atoms with Gasteiger partial charge in [0.15, 0.2) is 0 Å². The first-order valence-corrected chi connectivity index (χ1v) is 7.07. The largest absolute Gasteiger partial charge is 0.480 e. The number of aryl methyl sites for hydroxylation is 2. The van der Waals surface area contributed by atoms with Crippen molar-refractivity contribution in [3.05, 3.63) is 27.1 Å². The maximum absolute atomic E-state index is 12.4. The third-order valence-corrected chi connectivity index (χ3v) is 4.30. The molecule has 2 aromatic rings. The van der Waals surface area contributed by atoms with Crippen molar-refractivity contribution in [2.75, 3.05) is 0 Å². The standard InChI is InChI=1S/C13H16N2O3S/c1-4-8-6-9-11(19-8)14-10(5-2)15(12(9)16)7(3)13(17)18/h6-7H,4-5H2,1-3H3,(H,17,18). The Hall–Kier alpha value is -1.69. The van der Waals surface area contributed by atoms with Gasteiger partial charge in [-0.1, -0.05) is 13.8 Å². The van der Waals surface area contributed by atoms with Gasteiger partial charge in [0.05, 0.1) is 5.39 Å². The Morgan fingerprint density at radius 2 is 2.16 bits per heavy atom. The first-order valence-electron chi connectivity index (χ1n) is 6.26. The lowest BCUT2D eigenvalue weighted by molar-refractivity contribution is -0.140. The minimum Gasteiger partial charge on any atom is -0.480 e. The molecule has 1 atom stereocenters. The first-order chi connectivity index (χ1) is 8.99. The van der Waals surface area contributed by atoms with Crippen LogP contribution in [0.4, 0.5) is 0 Å². The lowest BCUT2D eigenvalue weighted by Crippen LogP contribution is -2.31. The number of carboxylic acids is 1. The molecule has 0 amide bonds. The van der Waals surface area contributed by atoms with Gasteiger partial charge in [0.1, 0.15) is 16.7 Å². The summed E-state index contributed by atoms with van der Waals surface area (Å²) in [6.07, 6.45) is 1.37. The predicted octanol–water partition coefficient (Wildman–Crippen LogP) is 2.23. The highest BCUT2D eigenvalue weighted by Gasteiger charge is 2.21. The van der Waals surface area contributed by atoms with Crippen molar-refractivity contribution in [3.8, 4) is 0 Å². The van der Waals surface area contributed by atoms with Crippen molar-refractivity contribution < 1.29 is 9.90 Å². The summed E-state index contributed by atoms with van der Waals surface area (Å²) in [5.41, 5.74) is -0.257. The van der Waals surface area contributed by atoms with Crippen LogP contribution in [-0.2, 0) is 17.6 Å². The van der Waals surface area contributed by atoms with E-state index in [0.717, 1.165) is 11.3 Å². The van der Waals surface area contributed by atoms with Gasteiger partial charge in [0, 0.05) is 11.3 Å². The van der Waals surface area contributed by atoms with Gasteiger partial charge in [0.2, 0.25) is 0 Å². The van der Waals surface area contributed by atoms with Crippen LogP contribution in [0.2, 0.25) is 0 Å². The van der Waals surface area contributed by atoms with Crippen molar-refractivity contribution in [1.29, 1.82) is 0 Å². The molecule has 0 saturated carbocycles. The van der Waals surface area contributed by atoms with Crippen molar-refractivity contribution in [3.63, 3.8) is 0 Å². The molecule has 19 heavy (non-hydrogen) atoms. The monoisotopic (exact) mass is 280 g/mol. The van der Waals surface area contributed by atoms with E-state index in [9.17, 15) is 9.59 Å². The molecule has 2 aromatic heterocycles. The molecule has 1 unspecified atom stereocenters. The van der Waals surface area contributed by atoms with Crippen molar-refractivity contribution in [2.24, 2.45) is 0 Å². The number of hydrogen-bond donors (Lipinski definition) is 1. The van der Waals surface area contributed by atoms with E-state index in [4.69, 9.17) is 5.11 Å². The summed E-state index contributed by atoms with van der Waals surface area (Å²) in [6, 6.07) is 0.921. The van der Waals surface area contributed by atoms with Gasteiger partial charge in [-0.15, -0.1) is 11.3 Å². The summed E-state index contributed by atoms with van der Waals surface area (Å²) >= 11 is 1.50. The van der Waals surface area contributed by atoms with Crippen LogP contribution < -0.4 is 5.56 Å². The van der Waals surface area contributed by atoms with Crippen LogP contribution in [0.25, 0.3) is 10.2 Å². The van der Waals surface area contributed by atoms with Crippen LogP contribution >= 0.6 is 11.3 Å². The molecule has 0 aliphatic rings. The fraction of sp³-hybridized carbons (Fsp3) is 0.462. The molecule has 102 valence electrons. The van der Waals surface area contributed by atoms with Crippen LogP contribution in [0.3, 0.4) is 0 Å². The van der Waals surface area contributed by atoms with Crippen LogP contribution in [0, 0.1) is 0 Å². The lowest BCUT2D eigenvalue weighted by atomic mass is 10.2. The van der Waals surface area contributed by atoms with E-state index in [2.05, 4.69) is 4.98 Å². The number of aliphatic carboxylic acids is 1. The topological polar surface area (TPSA) is 72.2 Å². The van der Waals surface area contributed by atoms with Gasteiger partial charge in [-0.2, -0.15) is 0 Å². The van der Waals surface area contributed by atoms with Gasteiger partial charge < -0.3 is 5.11 Å². The Bertz CT molecular complexity index is 687. The Kier molecular flexibility index (Phi) is 3.71. The van der Waals surface area contributed by atoms with E-state index in [1.807, 2.05) is 19.9 Å². The second-order valence-electron chi connectivity index (χ2n) is 4.36. The zero-order valence-corrected chi connectivity index (χ0v) is 12.0. The summed E-state index contributed by atoms with van der Waals surface area (Å²) in [5.74, 6) is -0.499. The van der Waals surface area contributed by atoms with Gasteiger partial charge in [0.25, 0.3) is 5.56 Å². The molecular formula is C13H16N2O3S. The third kappa shape index (κ3) is 2.28. The predicted molar refractivity (Wildman–Crippen MR) is 75.0 cm³/mol. The molecule has 1 N–H and O–H groups in total. The number of carboxylic acid groups (broad SMARTS) is 1. The van der Waals surface area contributed by atoms with Gasteiger partial charge in [-0.05, 0) is 19.4 Å². The number of nitrogens with zero attached hydrogens (tertiary/aromatic N) is 2. The minimum absolute atomic E-state index is 0.257. The second kappa shape index (κ2) is 5.13. The average molecular weight is 280 g/mol. The number of fused-ring (bicyclic) bond motifs is 1. The molecule has 5 nitrogen and oxygen atoms in total. The Morgan fingerprint density at radius 1 is 1.47 bits per heavy atom. The number of hydrogen-bond acceptors (Lipinski definition) is 4. The highest BCUT2D eigenvalue weighted by atomic mass is 32.1. The van der Waals surface area contributed by atoms with E-state index in [0.29, 0.717) is 22.5 Å². The fourth-order valence-corrected chi connectivity index (χ4v) is 3.00. The molecule has 0 bridgehead atoms. The SMILES string of the molecule is CCc1cc2c(=O)n(C(C)C(=O)O)c(CC)nc2s1. The van der Waals surface area contributed by atoms with E-state index >= 15 is 0 Å². The average Bonchev–Trinajstić information content (AvgIpc) is 2.81. The van der Waals surface area contributed by atoms with Crippen molar-refractivity contribution >= 4 is 27.5 Å². The molecule has 0 aliphatic heterocycles. The molecule has 0 aromatic carbocycles. The molecule has 2 rings (SSSR count). The number of carbonyl (C=O) groups is 1. The van der Waals surface area contributed by atoms with Crippen LogP contribution in [0.15, 0.2) is 10.9 Å².